The smallest absolute Gasteiger partial charge is 0.350 e. The van der Waals surface area contributed by atoms with E-state index in [0.717, 1.165) is 23.3 Å². The molecule has 2 N–H and O–H groups in total. The predicted molar refractivity (Wildman–Crippen MR) is 91.5 cm³/mol. The number of benzene rings is 2. The van der Waals surface area contributed by atoms with E-state index in [-0.39, 0.29) is 5.56 Å². The van der Waals surface area contributed by atoms with Gasteiger partial charge in [-0.05, 0) is 54.8 Å². The normalized spacial score (nSPS) is 11.2. The van der Waals surface area contributed by atoms with Gasteiger partial charge in [-0.25, -0.2) is 4.39 Å². The average molecular weight is 382 g/mol. The van der Waals surface area contributed by atoms with Gasteiger partial charge in [0.1, 0.15) is 5.82 Å². The van der Waals surface area contributed by atoms with Gasteiger partial charge in [0.2, 0.25) is 5.91 Å². The number of amides is 2. The summed E-state index contributed by atoms with van der Waals surface area (Å²) in [7, 11) is 0. The minimum Gasteiger partial charge on any atom is -0.350 e. The van der Waals surface area contributed by atoms with Crippen molar-refractivity contribution in [2.75, 3.05) is 6.54 Å². The van der Waals surface area contributed by atoms with E-state index in [0.29, 0.717) is 11.6 Å². The van der Waals surface area contributed by atoms with Crippen molar-refractivity contribution in [3.05, 3.63) is 70.0 Å². The molecule has 0 aromatic heterocycles. The lowest BCUT2D eigenvalue weighted by Crippen LogP contribution is -2.37. The summed E-state index contributed by atoms with van der Waals surface area (Å²) in [6.07, 6.45) is -4.74. The van der Waals surface area contributed by atoms with Crippen LogP contribution in [0.1, 0.15) is 32.6 Å². The predicted octanol–water partition coefficient (Wildman–Crippen LogP) is 3.51. The largest absolute Gasteiger partial charge is 0.416 e. The van der Waals surface area contributed by atoms with Crippen LogP contribution in [-0.2, 0) is 17.5 Å². The number of hydrogen-bond donors (Lipinski definition) is 2. The molecule has 144 valence electrons. The van der Waals surface area contributed by atoms with Gasteiger partial charge in [-0.3, -0.25) is 9.59 Å². The van der Waals surface area contributed by atoms with Crippen LogP contribution in [0.2, 0.25) is 0 Å². The molecule has 2 rings (SSSR count). The summed E-state index contributed by atoms with van der Waals surface area (Å²) in [5.41, 5.74) is 0.899. The SMILES string of the molecule is Cc1ccc(C(=O)NCC(=O)NCc2ccc(F)cc2C(F)(F)F)cc1C. The van der Waals surface area contributed by atoms with Gasteiger partial charge in [0.25, 0.3) is 5.91 Å². The van der Waals surface area contributed by atoms with Crippen LogP contribution in [0.25, 0.3) is 0 Å². The van der Waals surface area contributed by atoms with E-state index in [2.05, 4.69) is 10.6 Å². The van der Waals surface area contributed by atoms with Crippen LogP contribution in [0.3, 0.4) is 0 Å². The summed E-state index contributed by atoms with van der Waals surface area (Å²) < 4.78 is 51.8. The van der Waals surface area contributed by atoms with Crippen LogP contribution in [0.5, 0.6) is 0 Å². The third-order valence-electron chi connectivity index (χ3n) is 4.03. The highest BCUT2D eigenvalue weighted by atomic mass is 19.4. The molecule has 0 saturated heterocycles. The highest BCUT2D eigenvalue weighted by molar-refractivity contribution is 5.96. The molecule has 0 aliphatic heterocycles. The maximum absolute atomic E-state index is 13.1. The molecule has 0 fully saturated rings. The van der Waals surface area contributed by atoms with Crippen LogP contribution in [0.15, 0.2) is 36.4 Å². The quantitative estimate of drug-likeness (QED) is 0.778. The Morgan fingerprint density at radius 3 is 2.30 bits per heavy atom. The summed E-state index contributed by atoms with van der Waals surface area (Å²) in [4.78, 5) is 23.8. The Morgan fingerprint density at radius 1 is 0.963 bits per heavy atom. The van der Waals surface area contributed by atoms with Crippen molar-refractivity contribution in [2.24, 2.45) is 0 Å². The molecular weight excluding hydrogens is 364 g/mol. The zero-order chi connectivity index (χ0) is 20.2. The van der Waals surface area contributed by atoms with Crippen molar-refractivity contribution < 1.29 is 27.2 Å². The van der Waals surface area contributed by atoms with E-state index in [1.165, 1.54) is 0 Å². The van der Waals surface area contributed by atoms with Gasteiger partial charge < -0.3 is 10.6 Å². The summed E-state index contributed by atoms with van der Waals surface area (Å²) in [6.45, 7) is 2.91. The summed E-state index contributed by atoms with van der Waals surface area (Å²) in [5.74, 6) is -2.14. The number of halogens is 4. The highest BCUT2D eigenvalue weighted by Crippen LogP contribution is 2.32. The first kappa shape index (κ1) is 20.4. The van der Waals surface area contributed by atoms with Gasteiger partial charge in [0.05, 0.1) is 12.1 Å². The molecule has 0 bridgehead atoms. The number of carbonyl (C=O) groups excluding carboxylic acids is 2. The molecule has 0 heterocycles. The molecule has 8 heteroatoms. The molecule has 0 aliphatic carbocycles. The topological polar surface area (TPSA) is 58.2 Å². The fourth-order valence-corrected chi connectivity index (χ4v) is 2.37. The fourth-order valence-electron chi connectivity index (χ4n) is 2.37. The van der Waals surface area contributed by atoms with Crippen LogP contribution in [0, 0.1) is 19.7 Å². The minimum atomic E-state index is -4.74. The Balaban J connectivity index is 1.93. The standard InChI is InChI=1S/C19H18F4N2O2/c1-11-3-4-13(7-12(11)2)18(27)25-10-17(26)24-9-14-5-6-15(20)8-16(14)19(21,22)23/h3-8H,9-10H2,1-2H3,(H,24,26)(H,25,27). The number of aryl methyl sites for hydroxylation is 2. The average Bonchev–Trinajstić information content (AvgIpc) is 2.60. The zero-order valence-corrected chi connectivity index (χ0v) is 14.7. The van der Waals surface area contributed by atoms with E-state index >= 15 is 0 Å². The summed E-state index contributed by atoms with van der Waals surface area (Å²) >= 11 is 0. The second-order valence-corrected chi connectivity index (χ2v) is 6.06. The summed E-state index contributed by atoms with van der Waals surface area (Å²) in [5, 5.41) is 4.68. The minimum absolute atomic E-state index is 0.266. The molecule has 0 saturated carbocycles. The Hall–Kier alpha value is -2.90. The first-order valence-corrected chi connectivity index (χ1v) is 8.05. The van der Waals surface area contributed by atoms with Gasteiger partial charge in [-0.2, -0.15) is 13.2 Å². The van der Waals surface area contributed by atoms with Crippen LogP contribution >= 0.6 is 0 Å². The van der Waals surface area contributed by atoms with E-state index < -0.39 is 42.5 Å². The Kier molecular flexibility index (Phi) is 6.20. The molecular formula is C19H18F4N2O2. The third-order valence-corrected chi connectivity index (χ3v) is 4.03. The van der Waals surface area contributed by atoms with Gasteiger partial charge in [-0.1, -0.05) is 12.1 Å². The van der Waals surface area contributed by atoms with E-state index in [1.807, 2.05) is 13.8 Å². The Bertz CT molecular complexity index is 863. The number of nitrogens with one attached hydrogen (secondary N) is 2. The first-order valence-electron chi connectivity index (χ1n) is 8.05. The molecule has 0 aliphatic rings. The molecule has 27 heavy (non-hydrogen) atoms. The van der Waals surface area contributed by atoms with E-state index in [1.54, 1.807) is 18.2 Å². The maximum atomic E-state index is 13.1. The molecule has 0 unspecified atom stereocenters. The van der Waals surface area contributed by atoms with Crippen molar-refractivity contribution in [1.82, 2.24) is 10.6 Å². The number of alkyl halides is 3. The van der Waals surface area contributed by atoms with Crippen LogP contribution < -0.4 is 10.6 Å². The number of hydrogen-bond acceptors (Lipinski definition) is 2. The number of rotatable bonds is 5. The molecule has 2 aromatic rings. The maximum Gasteiger partial charge on any atom is 0.416 e. The van der Waals surface area contributed by atoms with Crippen LogP contribution in [-0.4, -0.2) is 18.4 Å². The summed E-state index contributed by atoms with van der Waals surface area (Å²) in [6, 6.07) is 7.30. The van der Waals surface area contributed by atoms with Crippen LogP contribution in [0.4, 0.5) is 17.6 Å². The van der Waals surface area contributed by atoms with Gasteiger partial charge in [0.15, 0.2) is 0 Å². The zero-order valence-electron chi connectivity index (χ0n) is 14.7. The highest BCUT2D eigenvalue weighted by Gasteiger charge is 2.33. The lowest BCUT2D eigenvalue weighted by molar-refractivity contribution is -0.138. The van der Waals surface area contributed by atoms with Gasteiger partial charge in [0, 0.05) is 12.1 Å². The lowest BCUT2D eigenvalue weighted by atomic mass is 10.1. The molecule has 0 atom stereocenters. The van der Waals surface area contributed by atoms with Gasteiger partial charge in [-0.15, -0.1) is 0 Å². The van der Waals surface area contributed by atoms with Crippen molar-refractivity contribution in [3.63, 3.8) is 0 Å². The monoisotopic (exact) mass is 382 g/mol. The van der Waals surface area contributed by atoms with Crippen molar-refractivity contribution >= 4 is 11.8 Å². The second-order valence-electron chi connectivity index (χ2n) is 6.06. The fraction of sp³-hybridized carbons (Fsp3) is 0.263. The Morgan fingerprint density at radius 2 is 1.67 bits per heavy atom. The molecule has 2 aromatic carbocycles. The van der Waals surface area contributed by atoms with Gasteiger partial charge >= 0.3 is 6.18 Å². The first-order chi connectivity index (χ1) is 12.6. The molecule has 4 nitrogen and oxygen atoms in total. The molecule has 0 spiro atoms. The molecule has 2 amide bonds. The second kappa shape index (κ2) is 8.20. The third kappa shape index (κ3) is 5.54. The van der Waals surface area contributed by atoms with Crippen molar-refractivity contribution in [3.8, 4) is 0 Å². The van der Waals surface area contributed by atoms with E-state index in [4.69, 9.17) is 0 Å². The van der Waals surface area contributed by atoms with E-state index in [9.17, 15) is 27.2 Å². The van der Waals surface area contributed by atoms with Crippen molar-refractivity contribution in [1.29, 1.82) is 0 Å². The van der Waals surface area contributed by atoms with Crippen molar-refractivity contribution in [2.45, 2.75) is 26.6 Å². The number of carbonyl (C=O) groups is 2. The lowest BCUT2D eigenvalue weighted by Gasteiger charge is -2.14. The Labute approximate surface area is 153 Å². The molecule has 0 radical (unpaired) electrons.